The van der Waals surface area contributed by atoms with Gasteiger partial charge in [-0.1, -0.05) is 18.2 Å². The van der Waals surface area contributed by atoms with Crippen LogP contribution in [-0.2, 0) is 4.79 Å². The summed E-state index contributed by atoms with van der Waals surface area (Å²) in [6, 6.07) is 13.3. The molecule has 2 aromatic heterocycles. The van der Waals surface area contributed by atoms with Crippen molar-refractivity contribution in [1.82, 2.24) is 19.7 Å². The minimum atomic E-state index is -0.600. The summed E-state index contributed by atoms with van der Waals surface area (Å²) in [5.74, 6) is 2.09. The maximum Gasteiger partial charge on any atom is 0.267 e. The molecule has 2 aliphatic rings. The number of benzene rings is 1. The van der Waals surface area contributed by atoms with Crippen molar-refractivity contribution in [2.45, 2.75) is 20.0 Å². The van der Waals surface area contributed by atoms with Crippen molar-refractivity contribution < 1.29 is 14.3 Å². The third-order valence-corrected chi connectivity index (χ3v) is 5.81. The number of aromatic nitrogens is 3. The molecule has 1 aromatic carbocycles. The van der Waals surface area contributed by atoms with Gasteiger partial charge in [0.2, 0.25) is 6.10 Å². The molecule has 31 heavy (non-hydrogen) atoms. The lowest BCUT2D eigenvalue weighted by atomic mass is 10.2. The summed E-state index contributed by atoms with van der Waals surface area (Å²) in [4.78, 5) is 21.6. The molecule has 160 valence electrons. The van der Waals surface area contributed by atoms with Gasteiger partial charge in [-0.2, -0.15) is 5.10 Å². The van der Waals surface area contributed by atoms with E-state index >= 15 is 0 Å². The highest BCUT2D eigenvalue weighted by Gasteiger charge is 2.33. The van der Waals surface area contributed by atoms with Crippen LogP contribution in [0.5, 0.6) is 11.5 Å². The number of amides is 1. The number of para-hydroxylation sites is 2. The largest absolute Gasteiger partial charge is 0.485 e. The highest BCUT2D eigenvalue weighted by Crippen LogP contribution is 2.32. The Balaban J connectivity index is 1.26. The molecule has 0 spiro atoms. The molecule has 1 saturated heterocycles. The average molecular weight is 419 g/mol. The third-order valence-electron chi connectivity index (χ3n) is 5.81. The van der Waals surface area contributed by atoms with Crippen LogP contribution in [0.3, 0.4) is 0 Å². The van der Waals surface area contributed by atoms with Gasteiger partial charge in [0.15, 0.2) is 17.3 Å². The van der Waals surface area contributed by atoms with Crippen molar-refractivity contribution >= 4 is 11.6 Å². The van der Waals surface area contributed by atoms with Gasteiger partial charge in [-0.05, 0) is 38.1 Å². The molecule has 5 rings (SSSR count). The van der Waals surface area contributed by atoms with Crippen LogP contribution in [0.2, 0.25) is 0 Å². The molecule has 1 amide bonds. The SMILES string of the molecule is Cc1nn(-c2ccccn2)c(C)c1N1CCN(C(=O)C2COc3ccccc3O2)CC1. The summed E-state index contributed by atoms with van der Waals surface area (Å²) in [6.07, 6.45) is 1.17. The van der Waals surface area contributed by atoms with E-state index in [0.29, 0.717) is 24.6 Å². The van der Waals surface area contributed by atoms with Crippen LogP contribution >= 0.6 is 0 Å². The van der Waals surface area contributed by atoms with E-state index in [1.54, 1.807) is 6.20 Å². The Morgan fingerprint density at radius 3 is 2.48 bits per heavy atom. The molecule has 1 unspecified atom stereocenters. The summed E-state index contributed by atoms with van der Waals surface area (Å²) >= 11 is 0. The Labute approximate surface area is 181 Å². The van der Waals surface area contributed by atoms with Gasteiger partial charge in [-0.3, -0.25) is 4.79 Å². The second kappa shape index (κ2) is 7.94. The van der Waals surface area contributed by atoms with Gasteiger partial charge >= 0.3 is 0 Å². The van der Waals surface area contributed by atoms with Gasteiger partial charge in [0.1, 0.15) is 6.61 Å². The first-order chi connectivity index (χ1) is 15.1. The molecule has 1 fully saturated rings. The van der Waals surface area contributed by atoms with Crippen LogP contribution in [0.15, 0.2) is 48.7 Å². The first-order valence-corrected chi connectivity index (χ1v) is 10.5. The molecule has 8 heteroatoms. The number of nitrogens with zero attached hydrogens (tertiary/aromatic N) is 5. The Morgan fingerprint density at radius 1 is 1.00 bits per heavy atom. The number of aryl methyl sites for hydroxylation is 1. The normalized spacial score (nSPS) is 18.2. The molecule has 0 bridgehead atoms. The molecule has 4 heterocycles. The van der Waals surface area contributed by atoms with E-state index in [1.807, 2.05) is 59.0 Å². The number of anilines is 1. The number of ether oxygens (including phenoxy) is 2. The quantitative estimate of drug-likeness (QED) is 0.649. The van der Waals surface area contributed by atoms with Crippen molar-refractivity contribution in [1.29, 1.82) is 0 Å². The number of carbonyl (C=O) groups is 1. The molecule has 8 nitrogen and oxygen atoms in total. The van der Waals surface area contributed by atoms with Crippen LogP contribution in [0.25, 0.3) is 5.82 Å². The van der Waals surface area contributed by atoms with Gasteiger partial charge in [0.25, 0.3) is 5.91 Å². The molecule has 0 saturated carbocycles. The lowest BCUT2D eigenvalue weighted by Crippen LogP contribution is -2.54. The molecule has 0 aliphatic carbocycles. The Bertz CT molecular complexity index is 1090. The van der Waals surface area contributed by atoms with Crippen LogP contribution in [0.1, 0.15) is 11.4 Å². The fraction of sp³-hybridized carbons (Fsp3) is 0.348. The Hall–Kier alpha value is -3.55. The molecule has 2 aliphatic heterocycles. The minimum Gasteiger partial charge on any atom is -0.485 e. The number of pyridine rings is 1. The van der Waals surface area contributed by atoms with Crippen molar-refractivity contribution in [2.24, 2.45) is 0 Å². The van der Waals surface area contributed by atoms with Crippen LogP contribution in [0.4, 0.5) is 5.69 Å². The van der Waals surface area contributed by atoms with Crippen LogP contribution in [-0.4, -0.2) is 64.5 Å². The molecular weight excluding hydrogens is 394 g/mol. The second-order valence-electron chi connectivity index (χ2n) is 7.80. The van der Waals surface area contributed by atoms with E-state index in [4.69, 9.17) is 14.6 Å². The van der Waals surface area contributed by atoms with Crippen molar-refractivity contribution in [3.05, 3.63) is 60.0 Å². The Morgan fingerprint density at radius 2 is 1.74 bits per heavy atom. The smallest absolute Gasteiger partial charge is 0.267 e. The average Bonchev–Trinajstić information content (AvgIpc) is 3.12. The number of piperazine rings is 1. The zero-order chi connectivity index (χ0) is 21.4. The predicted molar refractivity (Wildman–Crippen MR) is 116 cm³/mol. The lowest BCUT2D eigenvalue weighted by molar-refractivity contribution is -0.141. The summed E-state index contributed by atoms with van der Waals surface area (Å²) in [7, 11) is 0. The van der Waals surface area contributed by atoms with Crippen LogP contribution in [0, 0.1) is 13.8 Å². The molecule has 1 atom stereocenters. The van der Waals surface area contributed by atoms with Gasteiger partial charge < -0.3 is 19.3 Å². The van der Waals surface area contributed by atoms with Crippen molar-refractivity contribution in [3.8, 4) is 17.3 Å². The standard InChI is InChI=1S/C23H25N5O3/c1-16-22(17(2)28(25-16)21-9-5-6-10-24-21)26-11-13-27(14-12-26)23(29)20-15-30-18-7-3-4-8-19(18)31-20/h3-10,20H,11-15H2,1-2H3. The first kappa shape index (κ1) is 19.4. The summed E-state index contributed by atoms with van der Waals surface area (Å²) in [5.41, 5.74) is 3.13. The van der Waals surface area contributed by atoms with Gasteiger partial charge in [0, 0.05) is 32.4 Å². The van der Waals surface area contributed by atoms with E-state index in [2.05, 4.69) is 16.8 Å². The zero-order valence-electron chi connectivity index (χ0n) is 17.7. The van der Waals surface area contributed by atoms with Gasteiger partial charge in [0.05, 0.1) is 17.1 Å². The molecule has 3 aromatic rings. The summed E-state index contributed by atoms with van der Waals surface area (Å²) in [6.45, 7) is 7.07. The van der Waals surface area contributed by atoms with E-state index in [-0.39, 0.29) is 12.5 Å². The fourth-order valence-corrected chi connectivity index (χ4v) is 4.29. The first-order valence-electron chi connectivity index (χ1n) is 10.5. The summed E-state index contributed by atoms with van der Waals surface area (Å²) < 4.78 is 13.5. The second-order valence-corrected chi connectivity index (χ2v) is 7.80. The number of rotatable bonds is 3. The monoisotopic (exact) mass is 419 g/mol. The lowest BCUT2D eigenvalue weighted by Gasteiger charge is -2.38. The number of hydrogen-bond acceptors (Lipinski definition) is 6. The van der Waals surface area contributed by atoms with E-state index in [9.17, 15) is 4.79 Å². The Kier molecular flexibility index (Phi) is 4.97. The van der Waals surface area contributed by atoms with Crippen LogP contribution < -0.4 is 14.4 Å². The third kappa shape index (κ3) is 3.58. The zero-order valence-corrected chi connectivity index (χ0v) is 17.7. The van der Waals surface area contributed by atoms with E-state index < -0.39 is 6.10 Å². The highest BCUT2D eigenvalue weighted by molar-refractivity contribution is 5.82. The van der Waals surface area contributed by atoms with Gasteiger partial charge in [-0.25, -0.2) is 9.67 Å². The topological polar surface area (TPSA) is 72.7 Å². The number of hydrogen-bond donors (Lipinski definition) is 0. The van der Waals surface area contributed by atoms with Gasteiger partial charge in [-0.15, -0.1) is 0 Å². The maximum atomic E-state index is 13.0. The predicted octanol–water partition coefficient (Wildman–Crippen LogP) is 2.37. The molecule has 0 radical (unpaired) electrons. The van der Waals surface area contributed by atoms with E-state index in [0.717, 1.165) is 36.0 Å². The maximum absolute atomic E-state index is 13.0. The number of carbonyl (C=O) groups excluding carboxylic acids is 1. The molecular formula is C23H25N5O3. The van der Waals surface area contributed by atoms with Crippen molar-refractivity contribution in [2.75, 3.05) is 37.7 Å². The fourth-order valence-electron chi connectivity index (χ4n) is 4.29. The number of fused-ring (bicyclic) bond motifs is 1. The van der Waals surface area contributed by atoms with Crippen molar-refractivity contribution in [3.63, 3.8) is 0 Å². The van der Waals surface area contributed by atoms with E-state index in [1.165, 1.54) is 0 Å². The minimum absolute atomic E-state index is 0.0215. The summed E-state index contributed by atoms with van der Waals surface area (Å²) in [5, 5.41) is 4.70. The highest BCUT2D eigenvalue weighted by atomic mass is 16.6. The molecule has 0 N–H and O–H groups in total.